The van der Waals surface area contributed by atoms with Crippen molar-refractivity contribution >= 4 is 32.5 Å². The molecule has 29 heavy (non-hydrogen) atoms. The maximum atomic E-state index is 13.3. The second kappa shape index (κ2) is 7.47. The molecule has 0 spiro atoms. The Morgan fingerprint density at radius 3 is 2.41 bits per heavy atom. The van der Waals surface area contributed by atoms with Crippen LogP contribution in [0.15, 0.2) is 59.5 Å². The molecule has 0 saturated heterocycles. The molecule has 5 nitrogen and oxygen atoms in total. The fourth-order valence-electron chi connectivity index (χ4n) is 2.88. The molecule has 3 rings (SSSR count). The summed E-state index contributed by atoms with van der Waals surface area (Å²) >= 11 is 0. The molecular weight excluding hydrogens is 405 g/mol. The van der Waals surface area contributed by atoms with Crippen molar-refractivity contribution in [2.75, 3.05) is 11.6 Å². The minimum absolute atomic E-state index is 0.0445. The van der Waals surface area contributed by atoms with E-state index in [4.69, 9.17) is 0 Å². The molecule has 1 unspecified atom stereocenters. The van der Waals surface area contributed by atoms with Gasteiger partial charge in [-0.1, -0.05) is 24.3 Å². The molecule has 0 fully saturated rings. The molecule has 2 aromatic carbocycles. The summed E-state index contributed by atoms with van der Waals surface area (Å²) in [5.41, 5.74) is -0.584. The molecule has 0 aliphatic carbocycles. The van der Waals surface area contributed by atoms with Crippen LogP contribution in [0.25, 0.3) is 10.9 Å². The van der Waals surface area contributed by atoms with E-state index >= 15 is 0 Å². The number of halogens is 3. The van der Waals surface area contributed by atoms with Gasteiger partial charge < -0.3 is 5.32 Å². The molecule has 0 aliphatic heterocycles. The van der Waals surface area contributed by atoms with Crippen molar-refractivity contribution in [1.29, 1.82) is 0 Å². The van der Waals surface area contributed by atoms with Gasteiger partial charge in [0.2, 0.25) is 5.91 Å². The van der Waals surface area contributed by atoms with E-state index in [0.29, 0.717) is 17.8 Å². The third kappa shape index (κ3) is 4.56. The van der Waals surface area contributed by atoms with Gasteiger partial charge in [-0.3, -0.25) is 4.79 Å². The smallest absolute Gasteiger partial charge is 0.310 e. The second-order valence-electron chi connectivity index (χ2n) is 6.63. The van der Waals surface area contributed by atoms with E-state index in [0.717, 1.165) is 11.5 Å². The Hall–Kier alpha value is -2.94. The van der Waals surface area contributed by atoms with E-state index < -0.39 is 38.3 Å². The Kier molecular flexibility index (Phi) is 5.36. The number of para-hydroxylation sites is 1. The molecule has 1 atom stereocenters. The number of carbonyl (C=O) groups is 1. The number of carbonyl (C=O) groups excluding carboxylic acids is 1. The molecule has 0 bridgehead atoms. The average Bonchev–Trinajstić information content (AvgIpc) is 2.65. The van der Waals surface area contributed by atoms with Gasteiger partial charge in [0.25, 0.3) is 0 Å². The lowest BCUT2D eigenvalue weighted by molar-refractivity contribution is -0.140. The highest BCUT2D eigenvalue weighted by Crippen LogP contribution is 2.36. The highest BCUT2D eigenvalue weighted by molar-refractivity contribution is 7.90. The van der Waals surface area contributed by atoms with Gasteiger partial charge in [0, 0.05) is 11.6 Å². The van der Waals surface area contributed by atoms with Gasteiger partial charge in [0.15, 0.2) is 9.84 Å². The van der Waals surface area contributed by atoms with Crippen LogP contribution in [-0.4, -0.2) is 25.6 Å². The molecule has 1 N–H and O–H groups in total. The standard InChI is InChI=1S/C20H17F3N2O3S/c1-12(14-7-9-17(29(2,27)28)15(11-14)20(21,22)23)19(26)25-18-10-8-13-5-3-4-6-16(13)24-18/h3-12H,1-2H3,(H,24,25,26). The summed E-state index contributed by atoms with van der Waals surface area (Å²) in [7, 11) is -4.08. The Morgan fingerprint density at radius 2 is 1.76 bits per heavy atom. The van der Waals surface area contributed by atoms with Crippen LogP contribution in [-0.2, 0) is 20.8 Å². The van der Waals surface area contributed by atoms with Crippen molar-refractivity contribution in [1.82, 2.24) is 4.98 Å². The monoisotopic (exact) mass is 422 g/mol. The first-order valence-electron chi connectivity index (χ1n) is 8.54. The molecule has 0 radical (unpaired) electrons. The molecule has 0 aliphatic rings. The predicted octanol–water partition coefficient (Wildman–Crippen LogP) is 4.40. The van der Waals surface area contributed by atoms with E-state index in [9.17, 15) is 26.4 Å². The molecule has 152 valence electrons. The zero-order valence-corrected chi connectivity index (χ0v) is 16.3. The first-order valence-corrected chi connectivity index (χ1v) is 10.4. The number of fused-ring (bicyclic) bond motifs is 1. The summed E-state index contributed by atoms with van der Waals surface area (Å²) in [6.07, 6.45) is -4.16. The van der Waals surface area contributed by atoms with Crippen molar-refractivity contribution < 1.29 is 26.4 Å². The number of hydrogen-bond donors (Lipinski definition) is 1. The summed E-state index contributed by atoms with van der Waals surface area (Å²) in [5.74, 6) is -1.25. The fourth-order valence-corrected chi connectivity index (χ4v) is 3.77. The summed E-state index contributed by atoms with van der Waals surface area (Å²) < 4.78 is 63.4. The normalized spacial score (nSPS) is 13.3. The topological polar surface area (TPSA) is 76.1 Å². The van der Waals surface area contributed by atoms with Gasteiger partial charge in [-0.15, -0.1) is 0 Å². The van der Waals surface area contributed by atoms with Crippen LogP contribution < -0.4 is 5.32 Å². The first kappa shape index (κ1) is 20.8. The Bertz CT molecular complexity index is 1190. The van der Waals surface area contributed by atoms with Gasteiger partial charge >= 0.3 is 6.18 Å². The van der Waals surface area contributed by atoms with Gasteiger partial charge in [-0.25, -0.2) is 13.4 Å². The van der Waals surface area contributed by atoms with Gasteiger partial charge in [0.1, 0.15) is 5.82 Å². The molecule has 1 aromatic heterocycles. The lowest BCUT2D eigenvalue weighted by Gasteiger charge is -2.17. The number of alkyl halides is 3. The maximum Gasteiger partial charge on any atom is 0.417 e. The number of aromatic nitrogens is 1. The van der Waals surface area contributed by atoms with Crippen LogP contribution >= 0.6 is 0 Å². The molecule has 1 amide bonds. The van der Waals surface area contributed by atoms with Crippen molar-refractivity contribution in [2.24, 2.45) is 0 Å². The number of pyridine rings is 1. The van der Waals surface area contributed by atoms with Crippen molar-refractivity contribution in [3.8, 4) is 0 Å². The lowest BCUT2D eigenvalue weighted by Crippen LogP contribution is -2.21. The number of benzene rings is 2. The van der Waals surface area contributed by atoms with Crippen LogP contribution in [0.1, 0.15) is 24.0 Å². The minimum Gasteiger partial charge on any atom is -0.310 e. The Morgan fingerprint density at radius 1 is 1.07 bits per heavy atom. The fraction of sp³-hybridized carbons (Fsp3) is 0.200. The summed E-state index contributed by atoms with van der Waals surface area (Å²) in [6.45, 7) is 1.44. The second-order valence-corrected chi connectivity index (χ2v) is 8.61. The number of rotatable bonds is 4. The van der Waals surface area contributed by atoms with E-state index in [1.54, 1.807) is 24.3 Å². The van der Waals surface area contributed by atoms with Crippen LogP contribution in [0.2, 0.25) is 0 Å². The zero-order valence-electron chi connectivity index (χ0n) is 15.5. The highest BCUT2D eigenvalue weighted by atomic mass is 32.2. The number of hydrogen-bond acceptors (Lipinski definition) is 4. The average molecular weight is 422 g/mol. The highest BCUT2D eigenvalue weighted by Gasteiger charge is 2.37. The number of amides is 1. The quantitative estimate of drug-likeness (QED) is 0.676. The van der Waals surface area contributed by atoms with E-state index in [1.807, 2.05) is 12.1 Å². The van der Waals surface area contributed by atoms with E-state index in [-0.39, 0.29) is 11.4 Å². The van der Waals surface area contributed by atoms with Crippen LogP contribution in [0.4, 0.5) is 19.0 Å². The minimum atomic E-state index is -4.87. The third-order valence-electron chi connectivity index (χ3n) is 4.45. The summed E-state index contributed by atoms with van der Waals surface area (Å²) in [6, 6.07) is 13.4. The van der Waals surface area contributed by atoms with Crippen molar-refractivity contribution in [3.05, 3.63) is 65.7 Å². The molecule has 3 aromatic rings. The first-order chi connectivity index (χ1) is 13.5. The van der Waals surface area contributed by atoms with Gasteiger partial charge in [-0.05, 0) is 42.8 Å². The number of anilines is 1. The van der Waals surface area contributed by atoms with Crippen molar-refractivity contribution in [3.63, 3.8) is 0 Å². The van der Waals surface area contributed by atoms with E-state index in [1.165, 1.54) is 13.0 Å². The Labute approximate surface area is 165 Å². The predicted molar refractivity (Wildman–Crippen MR) is 103 cm³/mol. The summed E-state index contributed by atoms with van der Waals surface area (Å²) in [4.78, 5) is 16.0. The maximum absolute atomic E-state index is 13.3. The molecule has 9 heteroatoms. The molecular formula is C20H17F3N2O3S. The number of nitrogens with zero attached hydrogens (tertiary/aromatic N) is 1. The summed E-state index contributed by atoms with van der Waals surface area (Å²) in [5, 5.41) is 3.47. The largest absolute Gasteiger partial charge is 0.417 e. The lowest BCUT2D eigenvalue weighted by atomic mass is 9.98. The number of sulfone groups is 1. The van der Waals surface area contributed by atoms with Gasteiger partial charge in [0.05, 0.1) is 21.9 Å². The van der Waals surface area contributed by atoms with Crippen molar-refractivity contribution in [2.45, 2.75) is 23.9 Å². The third-order valence-corrected chi connectivity index (χ3v) is 5.61. The zero-order chi connectivity index (χ0) is 21.4. The molecule has 1 heterocycles. The van der Waals surface area contributed by atoms with E-state index in [2.05, 4.69) is 10.3 Å². The number of nitrogens with one attached hydrogen (secondary N) is 1. The van der Waals surface area contributed by atoms with Crippen LogP contribution in [0, 0.1) is 0 Å². The van der Waals surface area contributed by atoms with Gasteiger partial charge in [-0.2, -0.15) is 13.2 Å². The Balaban J connectivity index is 1.90. The van der Waals surface area contributed by atoms with Crippen LogP contribution in [0.3, 0.4) is 0 Å². The van der Waals surface area contributed by atoms with Crippen LogP contribution in [0.5, 0.6) is 0 Å². The molecule has 0 saturated carbocycles. The SMILES string of the molecule is CC(C(=O)Nc1ccc2ccccc2n1)c1ccc(S(C)(=O)=O)c(C(F)(F)F)c1.